The number of ether oxygens (including phenoxy) is 2. The Kier molecular flexibility index (Phi) is 6.21. The van der Waals surface area contributed by atoms with Crippen molar-refractivity contribution in [2.75, 3.05) is 32.1 Å². The number of carbonyl (C=O) groups excluding carboxylic acids is 2. The number of rotatable bonds is 6. The monoisotopic (exact) mass is 306 g/mol. The Hall–Kier alpha value is -2.08. The predicted octanol–water partition coefficient (Wildman–Crippen LogP) is 1.57. The minimum Gasteiger partial charge on any atom is -0.493 e. The highest BCUT2D eigenvalue weighted by atomic mass is 16.5. The summed E-state index contributed by atoms with van der Waals surface area (Å²) < 4.78 is 9.97. The van der Waals surface area contributed by atoms with Crippen LogP contribution in [0.25, 0.3) is 0 Å². The number of esters is 1. The van der Waals surface area contributed by atoms with Crippen molar-refractivity contribution in [2.45, 2.75) is 19.3 Å². The maximum absolute atomic E-state index is 12.1. The van der Waals surface area contributed by atoms with Gasteiger partial charge in [0.25, 0.3) is 0 Å². The number of hydrogen-bond acceptors (Lipinski definition) is 5. The molecule has 1 atom stereocenters. The van der Waals surface area contributed by atoms with E-state index in [0.29, 0.717) is 5.75 Å². The van der Waals surface area contributed by atoms with Crippen LogP contribution < -0.4 is 15.4 Å². The van der Waals surface area contributed by atoms with Gasteiger partial charge in [-0.2, -0.15) is 0 Å². The lowest BCUT2D eigenvalue weighted by molar-refractivity contribution is -0.141. The number of amides is 1. The van der Waals surface area contributed by atoms with Gasteiger partial charge in [0, 0.05) is 12.2 Å². The van der Waals surface area contributed by atoms with Gasteiger partial charge < -0.3 is 20.1 Å². The molecule has 0 aromatic heterocycles. The molecule has 1 fully saturated rings. The van der Waals surface area contributed by atoms with Gasteiger partial charge in [-0.05, 0) is 43.7 Å². The summed E-state index contributed by atoms with van der Waals surface area (Å²) in [7, 11) is 1.35. The summed E-state index contributed by atoms with van der Waals surface area (Å²) in [5.41, 5.74) is 0.746. The van der Waals surface area contributed by atoms with Gasteiger partial charge in [-0.1, -0.05) is 0 Å². The van der Waals surface area contributed by atoms with E-state index in [4.69, 9.17) is 4.74 Å². The predicted molar refractivity (Wildman–Crippen MR) is 82.8 cm³/mol. The lowest BCUT2D eigenvalue weighted by Crippen LogP contribution is -2.37. The average molecular weight is 306 g/mol. The Morgan fingerprint density at radius 2 is 2.09 bits per heavy atom. The van der Waals surface area contributed by atoms with E-state index >= 15 is 0 Å². The van der Waals surface area contributed by atoms with Gasteiger partial charge in [-0.25, -0.2) is 0 Å². The Morgan fingerprint density at radius 1 is 1.32 bits per heavy atom. The molecule has 1 heterocycles. The van der Waals surface area contributed by atoms with Crippen molar-refractivity contribution in [1.29, 1.82) is 0 Å². The van der Waals surface area contributed by atoms with Crippen molar-refractivity contribution in [2.24, 2.45) is 5.92 Å². The summed E-state index contributed by atoms with van der Waals surface area (Å²) in [5, 5.41) is 6.14. The van der Waals surface area contributed by atoms with Gasteiger partial charge in [0.2, 0.25) is 5.91 Å². The summed E-state index contributed by atoms with van der Waals surface area (Å²) in [6.45, 7) is 1.99. The van der Waals surface area contributed by atoms with Crippen molar-refractivity contribution in [3.8, 4) is 5.75 Å². The van der Waals surface area contributed by atoms with Crippen molar-refractivity contribution in [1.82, 2.24) is 5.32 Å². The Labute approximate surface area is 130 Å². The number of nitrogens with one attached hydrogen (secondary N) is 2. The molecule has 1 aromatic rings. The molecular weight excluding hydrogens is 284 g/mol. The molecule has 22 heavy (non-hydrogen) atoms. The first-order valence-corrected chi connectivity index (χ1v) is 7.50. The molecule has 1 aliphatic heterocycles. The summed E-state index contributed by atoms with van der Waals surface area (Å²) in [5.74, 6) is 0.433. The lowest BCUT2D eigenvalue weighted by atomic mass is 9.99. The second-order valence-electron chi connectivity index (χ2n) is 5.23. The highest BCUT2D eigenvalue weighted by molar-refractivity contribution is 5.92. The summed E-state index contributed by atoms with van der Waals surface area (Å²) >= 11 is 0. The summed E-state index contributed by atoms with van der Waals surface area (Å²) in [4.78, 5) is 23.1. The van der Waals surface area contributed by atoms with Crippen LogP contribution in [0.5, 0.6) is 5.75 Å². The van der Waals surface area contributed by atoms with E-state index in [1.165, 1.54) is 7.11 Å². The number of carbonyl (C=O) groups is 2. The first-order valence-electron chi connectivity index (χ1n) is 7.50. The van der Waals surface area contributed by atoms with Crippen LogP contribution in [0.2, 0.25) is 0 Å². The minimum absolute atomic E-state index is 0.0322. The zero-order chi connectivity index (χ0) is 15.8. The minimum atomic E-state index is -0.301. The van der Waals surface area contributed by atoms with Crippen molar-refractivity contribution >= 4 is 17.6 Å². The first kappa shape index (κ1) is 16.3. The van der Waals surface area contributed by atoms with E-state index in [1.807, 2.05) is 0 Å². The molecule has 0 radical (unpaired) electrons. The van der Waals surface area contributed by atoms with Crippen LogP contribution in [0.15, 0.2) is 24.3 Å². The third-order valence-corrected chi connectivity index (χ3v) is 3.59. The van der Waals surface area contributed by atoms with Gasteiger partial charge in [-0.3, -0.25) is 9.59 Å². The smallest absolute Gasteiger partial charge is 0.308 e. The van der Waals surface area contributed by atoms with E-state index in [0.717, 1.165) is 31.6 Å². The molecular formula is C16H22N2O4. The molecule has 0 saturated carbocycles. The molecule has 2 rings (SSSR count). The average Bonchev–Trinajstić information content (AvgIpc) is 2.57. The van der Waals surface area contributed by atoms with E-state index in [2.05, 4.69) is 15.4 Å². The van der Waals surface area contributed by atoms with Crippen LogP contribution in [0, 0.1) is 5.92 Å². The summed E-state index contributed by atoms with van der Waals surface area (Å²) in [6.07, 6.45) is 2.17. The zero-order valence-corrected chi connectivity index (χ0v) is 12.8. The molecule has 6 heteroatoms. The van der Waals surface area contributed by atoms with E-state index in [9.17, 15) is 9.59 Å². The van der Waals surface area contributed by atoms with E-state index < -0.39 is 0 Å². The van der Waals surface area contributed by atoms with Crippen molar-refractivity contribution < 1.29 is 19.1 Å². The third-order valence-electron chi connectivity index (χ3n) is 3.59. The molecule has 1 amide bonds. The van der Waals surface area contributed by atoms with Gasteiger partial charge >= 0.3 is 5.97 Å². The van der Waals surface area contributed by atoms with Crippen LogP contribution >= 0.6 is 0 Å². The fraction of sp³-hybridized carbons (Fsp3) is 0.500. The molecule has 0 aliphatic carbocycles. The zero-order valence-electron chi connectivity index (χ0n) is 12.8. The molecule has 1 saturated heterocycles. The largest absolute Gasteiger partial charge is 0.493 e. The van der Waals surface area contributed by atoms with Gasteiger partial charge in [0.15, 0.2) is 0 Å². The highest BCUT2D eigenvalue weighted by Gasteiger charge is 2.20. The first-order chi connectivity index (χ1) is 10.7. The maximum atomic E-state index is 12.1. The number of anilines is 1. The second-order valence-corrected chi connectivity index (χ2v) is 5.23. The molecule has 0 bridgehead atoms. The fourth-order valence-electron chi connectivity index (χ4n) is 2.31. The number of piperidine rings is 1. The topological polar surface area (TPSA) is 76.7 Å². The maximum Gasteiger partial charge on any atom is 0.308 e. The van der Waals surface area contributed by atoms with Crippen LogP contribution in [-0.4, -0.2) is 38.7 Å². The van der Waals surface area contributed by atoms with Crippen LogP contribution in [0.3, 0.4) is 0 Å². The van der Waals surface area contributed by atoms with Crippen LogP contribution in [0.4, 0.5) is 5.69 Å². The molecule has 1 aromatic carbocycles. The molecule has 6 nitrogen and oxygen atoms in total. The molecule has 1 unspecified atom stereocenters. The summed E-state index contributed by atoms with van der Waals surface area (Å²) in [6, 6.07) is 7.13. The normalized spacial score (nSPS) is 17.6. The number of hydrogen-bond donors (Lipinski definition) is 2. The van der Waals surface area contributed by atoms with Crippen LogP contribution in [-0.2, 0) is 14.3 Å². The van der Waals surface area contributed by atoms with E-state index in [1.54, 1.807) is 24.3 Å². The number of benzene rings is 1. The van der Waals surface area contributed by atoms with Crippen molar-refractivity contribution in [3.05, 3.63) is 24.3 Å². The Bertz CT molecular complexity index is 495. The standard InChI is InChI=1S/C16H22N2O4/c1-21-15(19)8-10-22-14-6-4-13(5-7-14)18-16(20)12-3-2-9-17-11-12/h4-7,12,17H,2-3,8-11H2,1H3,(H,18,20). The van der Waals surface area contributed by atoms with Gasteiger partial charge in [0.1, 0.15) is 5.75 Å². The molecule has 0 spiro atoms. The Morgan fingerprint density at radius 3 is 2.73 bits per heavy atom. The Balaban J connectivity index is 1.78. The molecule has 1 aliphatic rings. The SMILES string of the molecule is COC(=O)CCOc1ccc(NC(=O)C2CCCNC2)cc1. The highest BCUT2D eigenvalue weighted by Crippen LogP contribution is 2.18. The molecule has 2 N–H and O–H groups in total. The quantitative estimate of drug-likeness (QED) is 0.780. The fourth-order valence-corrected chi connectivity index (χ4v) is 2.31. The van der Waals surface area contributed by atoms with Crippen LogP contribution in [0.1, 0.15) is 19.3 Å². The second kappa shape index (κ2) is 8.38. The third kappa shape index (κ3) is 5.04. The van der Waals surface area contributed by atoms with E-state index in [-0.39, 0.29) is 30.8 Å². The lowest BCUT2D eigenvalue weighted by Gasteiger charge is -2.21. The number of methoxy groups -OCH3 is 1. The van der Waals surface area contributed by atoms with Crippen molar-refractivity contribution in [3.63, 3.8) is 0 Å². The molecule has 120 valence electrons. The van der Waals surface area contributed by atoms with Gasteiger partial charge in [-0.15, -0.1) is 0 Å². The van der Waals surface area contributed by atoms with Gasteiger partial charge in [0.05, 0.1) is 26.1 Å².